The van der Waals surface area contributed by atoms with Gasteiger partial charge in [0.15, 0.2) is 0 Å². The number of benzene rings is 2. The van der Waals surface area contributed by atoms with Gasteiger partial charge in [0.1, 0.15) is 0 Å². The molecule has 0 atom stereocenters. The average Bonchev–Trinajstić information content (AvgIpc) is 2.39. The van der Waals surface area contributed by atoms with Crippen LogP contribution in [0.15, 0.2) is 53.0 Å². The highest BCUT2D eigenvalue weighted by molar-refractivity contribution is 9.10. The van der Waals surface area contributed by atoms with Gasteiger partial charge in [-0.15, -0.1) is 0 Å². The molecule has 0 saturated carbocycles. The minimum atomic E-state index is -0.0824. The summed E-state index contributed by atoms with van der Waals surface area (Å²) in [6, 6.07) is 15.3. The largest absolute Gasteiger partial charge is 0.322 e. The van der Waals surface area contributed by atoms with Crippen LogP contribution in [0.25, 0.3) is 0 Å². The normalized spacial score (nSPS) is 10.2. The van der Waals surface area contributed by atoms with Gasteiger partial charge in [-0.05, 0) is 42.2 Å². The van der Waals surface area contributed by atoms with Crippen molar-refractivity contribution in [1.29, 1.82) is 0 Å². The van der Waals surface area contributed by atoms with Gasteiger partial charge in [-0.1, -0.05) is 34.1 Å². The van der Waals surface area contributed by atoms with E-state index in [1.54, 1.807) is 11.8 Å². The minimum absolute atomic E-state index is 0.0824. The first-order valence-corrected chi connectivity index (χ1v) is 8.02. The van der Waals surface area contributed by atoms with Crippen LogP contribution in [0.1, 0.15) is 15.9 Å². The maximum Gasteiger partial charge on any atom is 0.255 e. The van der Waals surface area contributed by atoms with E-state index in [0.29, 0.717) is 5.56 Å². The van der Waals surface area contributed by atoms with Gasteiger partial charge >= 0.3 is 0 Å². The lowest BCUT2D eigenvalue weighted by Gasteiger charge is -2.07. The van der Waals surface area contributed by atoms with Gasteiger partial charge in [0.2, 0.25) is 0 Å². The Morgan fingerprint density at radius 3 is 2.74 bits per heavy atom. The van der Waals surface area contributed by atoms with Crippen molar-refractivity contribution < 1.29 is 4.79 Å². The molecule has 0 aliphatic carbocycles. The third-order valence-corrected chi connectivity index (χ3v) is 3.70. The summed E-state index contributed by atoms with van der Waals surface area (Å²) in [4.78, 5) is 12.1. The van der Waals surface area contributed by atoms with Crippen LogP contribution < -0.4 is 5.32 Å². The van der Waals surface area contributed by atoms with E-state index in [0.717, 1.165) is 21.5 Å². The molecule has 19 heavy (non-hydrogen) atoms. The minimum Gasteiger partial charge on any atom is -0.322 e. The highest BCUT2D eigenvalue weighted by atomic mass is 79.9. The smallest absolute Gasteiger partial charge is 0.255 e. The standard InChI is InChI=1S/C15H14BrNOS/c1-19-10-11-4-2-5-12(8-11)15(18)17-14-7-3-6-13(16)9-14/h2-9H,10H2,1H3,(H,17,18). The topological polar surface area (TPSA) is 29.1 Å². The highest BCUT2D eigenvalue weighted by Gasteiger charge is 2.06. The molecule has 0 aliphatic heterocycles. The zero-order valence-corrected chi connectivity index (χ0v) is 12.9. The lowest BCUT2D eigenvalue weighted by Crippen LogP contribution is -2.12. The number of nitrogens with one attached hydrogen (secondary N) is 1. The molecule has 1 N–H and O–H groups in total. The van der Waals surface area contributed by atoms with Crippen molar-refractivity contribution in [2.45, 2.75) is 5.75 Å². The van der Waals surface area contributed by atoms with Gasteiger partial charge in [-0.2, -0.15) is 11.8 Å². The third kappa shape index (κ3) is 4.11. The summed E-state index contributed by atoms with van der Waals surface area (Å²) in [6.45, 7) is 0. The summed E-state index contributed by atoms with van der Waals surface area (Å²) in [7, 11) is 0. The van der Waals surface area contributed by atoms with Crippen molar-refractivity contribution in [3.63, 3.8) is 0 Å². The summed E-state index contributed by atoms with van der Waals surface area (Å²) >= 11 is 5.13. The number of anilines is 1. The zero-order valence-electron chi connectivity index (χ0n) is 10.5. The van der Waals surface area contributed by atoms with Gasteiger partial charge in [-0.3, -0.25) is 4.79 Å². The molecule has 0 radical (unpaired) electrons. The Morgan fingerprint density at radius 1 is 1.21 bits per heavy atom. The van der Waals surface area contributed by atoms with Crippen LogP contribution in [0, 0.1) is 0 Å². The number of hydrogen-bond acceptors (Lipinski definition) is 2. The number of thioether (sulfide) groups is 1. The van der Waals surface area contributed by atoms with Crippen molar-refractivity contribution in [3.05, 3.63) is 64.1 Å². The summed E-state index contributed by atoms with van der Waals surface area (Å²) in [5, 5.41) is 2.89. The number of hydrogen-bond donors (Lipinski definition) is 1. The van der Waals surface area contributed by atoms with Crippen LogP contribution in [0.2, 0.25) is 0 Å². The molecular formula is C15H14BrNOS. The number of rotatable bonds is 4. The van der Waals surface area contributed by atoms with Gasteiger partial charge in [0.05, 0.1) is 0 Å². The number of carbonyl (C=O) groups is 1. The van der Waals surface area contributed by atoms with Crippen molar-refractivity contribution in [2.75, 3.05) is 11.6 Å². The molecule has 0 heterocycles. The summed E-state index contributed by atoms with van der Waals surface area (Å²) < 4.78 is 0.946. The number of amides is 1. The molecule has 4 heteroatoms. The van der Waals surface area contributed by atoms with E-state index in [9.17, 15) is 4.79 Å². The van der Waals surface area contributed by atoms with Crippen LogP contribution in [0.4, 0.5) is 5.69 Å². The Balaban J connectivity index is 2.13. The Labute approximate surface area is 125 Å². The lowest BCUT2D eigenvalue weighted by molar-refractivity contribution is 0.102. The van der Waals surface area contributed by atoms with Crippen molar-refractivity contribution in [2.24, 2.45) is 0 Å². The van der Waals surface area contributed by atoms with Gasteiger partial charge in [0, 0.05) is 21.5 Å². The van der Waals surface area contributed by atoms with Crippen molar-refractivity contribution >= 4 is 39.3 Å². The average molecular weight is 336 g/mol. The highest BCUT2D eigenvalue weighted by Crippen LogP contribution is 2.17. The third-order valence-electron chi connectivity index (χ3n) is 2.58. The van der Waals surface area contributed by atoms with Crippen LogP contribution in [0.5, 0.6) is 0 Å². The fourth-order valence-electron chi connectivity index (χ4n) is 1.74. The quantitative estimate of drug-likeness (QED) is 0.886. The van der Waals surface area contributed by atoms with Crippen LogP contribution in [0.3, 0.4) is 0 Å². The maximum atomic E-state index is 12.1. The molecule has 2 aromatic rings. The maximum absolute atomic E-state index is 12.1. The SMILES string of the molecule is CSCc1cccc(C(=O)Nc2cccc(Br)c2)c1. The molecule has 0 unspecified atom stereocenters. The molecule has 0 bridgehead atoms. The van der Waals surface area contributed by atoms with E-state index in [2.05, 4.69) is 21.2 Å². The van der Waals surface area contributed by atoms with Gasteiger partial charge in [-0.25, -0.2) is 0 Å². The van der Waals surface area contributed by atoms with E-state index >= 15 is 0 Å². The molecule has 2 rings (SSSR count). The molecule has 98 valence electrons. The van der Waals surface area contributed by atoms with E-state index in [4.69, 9.17) is 0 Å². The molecule has 1 amide bonds. The summed E-state index contributed by atoms with van der Waals surface area (Å²) in [6.07, 6.45) is 2.05. The first-order valence-electron chi connectivity index (χ1n) is 5.84. The first-order chi connectivity index (χ1) is 9.19. The predicted molar refractivity (Wildman–Crippen MR) is 85.8 cm³/mol. The first kappa shape index (κ1) is 14.2. The fourth-order valence-corrected chi connectivity index (χ4v) is 2.65. The second-order valence-electron chi connectivity index (χ2n) is 4.10. The number of carbonyl (C=O) groups excluding carboxylic acids is 1. The molecule has 0 spiro atoms. The van der Waals surface area contributed by atoms with Crippen LogP contribution in [-0.4, -0.2) is 12.2 Å². The fraction of sp³-hybridized carbons (Fsp3) is 0.133. The van der Waals surface area contributed by atoms with Crippen LogP contribution >= 0.6 is 27.7 Å². The molecule has 0 saturated heterocycles. The van der Waals surface area contributed by atoms with E-state index < -0.39 is 0 Å². The van der Waals surface area contributed by atoms with E-state index in [-0.39, 0.29) is 5.91 Å². The Kier molecular flexibility index (Phi) is 5.05. The molecule has 0 fully saturated rings. The summed E-state index contributed by atoms with van der Waals surface area (Å²) in [5.74, 6) is 0.832. The zero-order chi connectivity index (χ0) is 13.7. The second-order valence-corrected chi connectivity index (χ2v) is 5.88. The van der Waals surface area contributed by atoms with Crippen molar-refractivity contribution in [1.82, 2.24) is 0 Å². The van der Waals surface area contributed by atoms with Crippen LogP contribution in [-0.2, 0) is 5.75 Å². The number of halogens is 1. The Hall–Kier alpha value is -1.26. The molecule has 2 aromatic carbocycles. The molecule has 2 nitrogen and oxygen atoms in total. The monoisotopic (exact) mass is 335 g/mol. The second kappa shape index (κ2) is 6.78. The van der Waals surface area contributed by atoms with Crippen molar-refractivity contribution in [3.8, 4) is 0 Å². The molecule has 0 aromatic heterocycles. The Morgan fingerprint density at radius 2 is 2.00 bits per heavy atom. The van der Waals surface area contributed by atoms with E-state index in [1.165, 1.54) is 0 Å². The predicted octanol–water partition coefficient (Wildman–Crippen LogP) is 4.56. The molecular weight excluding hydrogens is 322 g/mol. The summed E-state index contributed by atoms with van der Waals surface area (Å²) in [5.41, 5.74) is 2.63. The lowest BCUT2D eigenvalue weighted by atomic mass is 10.1. The van der Waals surface area contributed by atoms with Gasteiger partial charge < -0.3 is 5.32 Å². The van der Waals surface area contributed by atoms with Gasteiger partial charge in [0.25, 0.3) is 5.91 Å². The molecule has 0 aliphatic rings. The van der Waals surface area contributed by atoms with E-state index in [1.807, 2.05) is 54.8 Å². The Bertz CT molecular complexity index is 586.